The molecule has 0 aliphatic heterocycles. The van der Waals surface area contributed by atoms with Crippen molar-refractivity contribution in [2.45, 2.75) is 18.4 Å². The molecular formula is C21H18ClN3O3S2. The molecule has 0 bridgehead atoms. The van der Waals surface area contributed by atoms with Crippen molar-refractivity contribution >= 4 is 33.0 Å². The van der Waals surface area contributed by atoms with Gasteiger partial charge in [-0.05, 0) is 42.8 Å². The maximum absolute atomic E-state index is 13.1. The van der Waals surface area contributed by atoms with Gasteiger partial charge in [0.25, 0.3) is 5.89 Å². The van der Waals surface area contributed by atoms with E-state index >= 15 is 0 Å². The molecule has 2 aromatic heterocycles. The van der Waals surface area contributed by atoms with Crippen molar-refractivity contribution in [3.8, 4) is 22.2 Å². The van der Waals surface area contributed by atoms with Crippen LogP contribution in [0.15, 0.2) is 70.1 Å². The van der Waals surface area contributed by atoms with Crippen LogP contribution in [0.1, 0.15) is 10.4 Å². The molecule has 0 amide bonds. The second kappa shape index (κ2) is 8.31. The van der Waals surface area contributed by atoms with Gasteiger partial charge in [-0.15, -0.1) is 11.3 Å². The Hall–Kier alpha value is -2.52. The first kappa shape index (κ1) is 20.7. The molecule has 0 saturated heterocycles. The fourth-order valence-corrected chi connectivity index (χ4v) is 5.72. The zero-order chi connectivity index (χ0) is 21.3. The molecule has 0 unspecified atom stereocenters. The Labute approximate surface area is 183 Å². The van der Waals surface area contributed by atoms with Crippen molar-refractivity contribution in [1.29, 1.82) is 0 Å². The van der Waals surface area contributed by atoms with E-state index in [-0.39, 0.29) is 17.3 Å². The van der Waals surface area contributed by atoms with Crippen molar-refractivity contribution in [3.05, 3.63) is 76.1 Å². The van der Waals surface area contributed by atoms with Crippen LogP contribution in [0.25, 0.3) is 22.2 Å². The summed E-state index contributed by atoms with van der Waals surface area (Å²) in [5, 5.41) is 4.62. The zero-order valence-corrected chi connectivity index (χ0v) is 18.6. The van der Waals surface area contributed by atoms with E-state index in [1.54, 1.807) is 44.3 Å². The molecule has 0 atom stereocenters. The Morgan fingerprint density at radius 2 is 1.80 bits per heavy atom. The molecule has 2 aromatic carbocycles. The summed E-state index contributed by atoms with van der Waals surface area (Å²) in [7, 11) is -2.09. The molecule has 0 fully saturated rings. The Morgan fingerprint density at radius 1 is 1.10 bits per heavy atom. The van der Waals surface area contributed by atoms with Crippen LogP contribution in [0.3, 0.4) is 0 Å². The number of aromatic nitrogens is 2. The molecule has 0 spiro atoms. The minimum atomic E-state index is -3.67. The van der Waals surface area contributed by atoms with Crippen LogP contribution in [0.4, 0.5) is 0 Å². The van der Waals surface area contributed by atoms with Gasteiger partial charge >= 0.3 is 0 Å². The van der Waals surface area contributed by atoms with Gasteiger partial charge in [-0.25, -0.2) is 8.42 Å². The number of benzene rings is 2. The number of hydrogen-bond donors (Lipinski definition) is 0. The van der Waals surface area contributed by atoms with Crippen molar-refractivity contribution in [2.75, 3.05) is 7.05 Å². The van der Waals surface area contributed by atoms with E-state index in [1.807, 2.05) is 30.3 Å². The van der Waals surface area contributed by atoms with Gasteiger partial charge in [0.15, 0.2) is 0 Å². The number of aryl methyl sites for hydroxylation is 1. The molecule has 9 heteroatoms. The lowest BCUT2D eigenvalue weighted by molar-refractivity contribution is 0.433. The fraction of sp³-hybridized carbons (Fsp3) is 0.143. The molecule has 30 heavy (non-hydrogen) atoms. The van der Waals surface area contributed by atoms with Crippen LogP contribution >= 0.6 is 22.9 Å². The number of nitrogens with zero attached hydrogens (tertiary/aromatic N) is 3. The third-order valence-electron chi connectivity index (χ3n) is 4.55. The lowest BCUT2D eigenvalue weighted by atomic mass is 10.2. The molecule has 0 saturated carbocycles. The van der Waals surface area contributed by atoms with E-state index in [4.69, 9.17) is 16.1 Å². The lowest BCUT2D eigenvalue weighted by Gasteiger charge is -2.17. The molecule has 6 nitrogen and oxygen atoms in total. The normalized spacial score (nSPS) is 11.9. The van der Waals surface area contributed by atoms with Gasteiger partial charge in [-0.1, -0.05) is 47.1 Å². The standard InChI is InChI=1S/C21H18ClN3O3S2/c1-14-19(30(26,27)25(2)13-15-6-4-3-5-7-15)12-18(29-14)21-23-20(24-28-21)16-8-10-17(22)11-9-16/h3-12H,13H2,1-2H3. The first-order valence-electron chi connectivity index (χ1n) is 9.05. The predicted molar refractivity (Wildman–Crippen MR) is 118 cm³/mol. The van der Waals surface area contributed by atoms with Gasteiger partial charge in [-0.2, -0.15) is 9.29 Å². The first-order valence-corrected chi connectivity index (χ1v) is 11.7. The van der Waals surface area contributed by atoms with E-state index in [1.165, 1.54) is 15.6 Å². The molecular weight excluding hydrogens is 442 g/mol. The molecule has 4 rings (SSSR count). The highest BCUT2D eigenvalue weighted by Gasteiger charge is 2.26. The summed E-state index contributed by atoms with van der Waals surface area (Å²) in [4.78, 5) is 5.92. The third kappa shape index (κ3) is 4.17. The summed E-state index contributed by atoms with van der Waals surface area (Å²) in [6.45, 7) is 2.06. The molecule has 0 aliphatic carbocycles. The smallest absolute Gasteiger partial charge is 0.268 e. The maximum Gasteiger partial charge on any atom is 0.268 e. The van der Waals surface area contributed by atoms with Crippen molar-refractivity contribution in [2.24, 2.45) is 0 Å². The van der Waals surface area contributed by atoms with Gasteiger partial charge in [0.05, 0.1) is 9.77 Å². The summed E-state index contributed by atoms with van der Waals surface area (Å²) in [5.74, 6) is 0.693. The van der Waals surface area contributed by atoms with Gasteiger partial charge in [0.1, 0.15) is 0 Å². The zero-order valence-electron chi connectivity index (χ0n) is 16.2. The highest BCUT2D eigenvalue weighted by atomic mass is 35.5. The first-order chi connectivity index (χ1) is 14.3. The van der Waals surface area contributed by atoms with Crippen molar-refractivity contribution < 1.29 is 12.9 Å². The van der Waals surface area contributed by atoms with Crippen LogP contribution in [-0.2, 0) is 16.6 Å². The number of thiophene rings is 1. The average Bonchev–Trinajstić information content (AvgIpc) is 3.36. The second-order valence-electron chi connectivity index (χ2n) is 6.71. The van der Waals surface area contributed by atoms with Crippen molar-refractivity contribution in [1.82, 2.24) is 14.4 Å². The van der Waals surface area contributed by atoms with Crippen LogP contribution in [-0.4, -0.2) is 29.9 Å². The van der Waals surface area contributed by atoms with Crippen molar-refractivity contribution in [3.63, 3.8) is 0 Å². The maximum atomic E-state index is 13.1. The topological polar surface area (TPSA) is 76.3 Å². The largest absolute Gasteiger partial charge is 0.333 e. The summed E-state index contributed by atoms with van der Waals surface area (Å²) in [6.07, 6.45) is 0. The van der Waals surface area contributed by atoms with Crippen LogP contribution < -0.4 is 0 Å². The molecule has 0 radical (unpaired) electrons. The number of rotatable bonds is 6. The molecule has 4 aromatic rings. The van der Waals surface area contributed by atoms with E-state index < -0.39 is 10.0 Å². The fourth-order valence-electron chi connectivity index (χ4n) is 2.96. The van der Waals surface area contributed by atoms with Gasteiger partial charge in [0, 0.05) is 29.1 Å². The van der Waals surface area contributed by atoms with Crippen LogP contribution in [0.2, 0.25) is 5.02 Å². The van der Waals surface area contributed by atoms with E-state index in [0.29, 0.717) is 20.6 Å². The number of hydrogen-bond acceptors (Lipinski definition) is 6. The van der Waals surface area contributed by atoms with Crippen LogP contribution in [0.5, 0.6) is 0 Å². The van der Waals surface area contributed by atoms with E-state index in [9.17, 15) is 8.42 Å². The highest BCUT2D eigenvalue weighted by molar-refractivity contribution is 7.89. The second-order valence-corrected chi connectivity index (χ2v) is 10.4. The minimum absolute atomic E-state index is 0.243. The molecule has 154 valence electrons. The van der Waals surface area contributed by atoms with Crippen LogP contribution in [0, 0.1) is 6.92 Å². The average molecular weight is 460 g/mol. The Bertz CT molecular complexity index is 1270. The van der Waals surface area contributed by atoms with Gasteiger partial charge < -0.3 is 4.52 Å². The predicted octanol–water partition coefficient (Wildman–Crippen LogP) is 5.25. The Balaban J connectivity index is 1.61. The molecule has 2 heterocycles. The molecule has 0 aliphatic rings. The monoisotopic (exact) mass is 459 g/mol. The summed E-state index contributed by atoms with van der Waals surface area (Å²) in [6, 6.07) is 18.1. The quantitative estimate of drug-likeness (QED) is 0.393. The van der Waals surface area contributed by atoms with Gasteiger partial charge in [-0.3, -0.25) is 0 Å². The third-order valence-corrected chi connectivity index (χ3v) is 7.90. The van der Waals surface area contributed by atoms with E-state index in [2.05, 4.69) is 10.1 Å². The lowest BCUT2D eigenvalue weighted by Crippen LogP contribution is -2.26. The SMILES string of the molecule is Cc1sc(-c2nc(-c3ccc(Cl)cc3)no2)cc1S(=O)(=O)N(C)Cc1ccccc1. The summed E-state index contributed by atoms with van der Waals surface area (Å²) in [5.41, 5.74) is 1.68. The summed E-state index contributed by atoms with van der Waals surface area (Å²) >= 11 is 7.22. The highest BCUT2D eigenvalue weighted by Crippen LogP contribution is 2.35. The minimum Gasteiger partial charge on any atom is -0.333 e. The van der Waals surface area contributed by atoms with Gasteiger partial charge in [0.2, 0.25) is 15.8 Å². The number of sulfonamides is 1. The number of halogens is 1. The summed E-state index contributed by atoms with van der Waals surface area (Å²) < 4.78 is 32.9. The Kier molecular flexibility index (Phi) is 5.75. The molecule has 0 N–H and O–H groups in total. The van der Waals surface area contributed by atoms with E-state index in [0.717, 1.165) is 11.1 Å². The Morgan fingerprint density at radius 3 is 2.50 bits per heavy atom.